The van der Waals surface area contributed by atoms with Gasteiger partial charge >= 0.3 is 12.6 Å². The van der Waals surface area contributed by atoms with Crippen LogP contribution in [0.25, 0.3) is 0 Å². The fourth-order valence-corrected chi connectivity index (χ4v) is 0.746. The topological polar surface area (TPSA) is 70.3 Å². The molecular formula is C7H7F4N3O2. The van der Waals surface area contributed by atoms with E-state index in [4.69, 9.17) is 5.73 Å². The van der Waals surface area contributed by atoms with Crippen LogP contribution < -0.4 is 15.2 Å². The molecule has 90 valence electrons. The predicted molar refractivity (Wildman–Crippen MR) is 44.6 cm³/mol. The molecule has 1 aromatic rings. The van der Waals surface area contributed by atoms with Gasteiger partial charge in [-0.2, -0.15) is 13.8 Å². The number of hydrogen-bond acceptors (Lipinski definition) is 5. The van der Waals surface area contributed by atoms with Crippen LogP contribution in [-0.2, 0) is 0 Å². The van der Waals surface area contributed by atoms with E-state index in [0.717, 1.165) is 6.20 Å². The van der Waals surface area contributed by atoms with Gasteiger partial charge in [-0.1, -0.05) is 0 Å². The first kappa shape index (κ1) is 12.3. The Morgan fingerprint density at radius 3 is 2.56 bits per heavy atom. The number of aromatic nitrogens is 2. The fourth-order valence-electron chi connectivity index (χ4n) is 0.746. The van der Waals surface area contributed by atoms with Gasteiger partial charge in [0.1, 0.15) is 5.69 Å². The number of nitrogens with two attached hydrogens (primary N) is 1. The van der Waals surface area contributed by atoms with Crippen molar-refractivity contribution in [3.05, 3.63) is 6.20 Å². The van der Waals surface area contributed by atoms with Crippen LogP contribution in [0, 0.1) is 0 Å². The van der Waals surface area contributed by atoms with E-state index >= 15 is 0 Å². The van der Waals surface area contributed by atoms with Crippen LogP contribution in [0.1, 0.15) is 0 Å². The molecule has 9 heteroatoms. The lowest BCUT2D eigenvalue weighted by molar-refractivity contribution is -0.0528. The summed E-state index contributed by atoms with van der Waals surface area (Å²) in [6.07, 6.45) is -1.80. The Hall–Kier alpha value is -1.80. The monoisotopic (exact) mass is 241 g/mol. The SMILES string of the molecule is Nc1cnc(OCC(F)F)nc1OC(F)F. The first-order chi connectivity index (χ1) is 7.49. The Morgan fingerprint density at radius 1 is 1.31 bits per heavy atom. The van der Waals surface area contributed by atoms with Crippen LogP contribution in [0.3, 0.4) is 0 Å². The largest absolute Gasteiger partial charge is 0.457 e. The van der Waals surface area contributed by atoms with Crippen molar-refractivity contribution >= 4 is 5.69 Å². The second-order valence-corrected chi connectivity index (χ2v) is 2.49. The number of halogens is 4. The zero-order valence-corrected chi connectivity index (χ0v) is 7.74. The number of ether oxygens (including phenoxy) is 2. The lowest BCUT2D eigenvalue weighted by atomic mass is 10.5. The average molecular weight is 241 g/mol. The summed E-state index contributed by atoms with van der Waals surface area (Å²) in [4.78, 5) is 6.69. The van der Waals surface area contributed by atoms with Gasteiger partial charge < -0.3 is 15.2 Å². The Morgan fingerprint density at radius 2 is 2.00 bits per heavy atom. The molecule has 1 aromatic heterocycles. The summed E-state index contributed by atoms with van der Waals surface area (Å²) >= 11 is 0. The average Bonchev–Trinajstić information content (AvgIpc) is 2.18. The molecule has 0 aliphatic carbocycles. The van der Waals surface area contributed by atoms with Gasteiger partial charge in [-0.3, -0.25) is 0 Å². The minimum Gasteiger partial charge on any atom is -0.457 e. The van der Waals surface area contributed by atoms with Crippen molar-refractivity contribution in [1.82, 2.24) is 9.97 Å². The first-order valence-corrected chi connectivity index (χ1v) is 3.97. The minimum atomic E-state index is -3.12. The maximum atomic E-state index is 11.8. The van der Waals surface area contributed by atoms with E-state index in [0.29, 0.717) is 0 Å². The molecule has 0 bridgehead atoms. The van der Waals surface area contributed by atoms with Gasteiger partial charge in [0.25, 0.3) is 6.43 Å². The van der Waals surface area contributed by atoms with E-state index in [1.165, 1.54) is 0 Å². The molecule has 0 fully saturated rings. The number of rotatable bonds is 5. The van der Waals surface area contributed by atoms with Gasteiger partial charge in [-0.15, -0.1) is 0 Å². The van der Waals surface area contributed by atoms with Gasteiger partial charge in [0.15, 0.2) is 6.61 Å². The van der Waals surface area contributed by atoms with Crippen LogP contribution >= 0.6 is 0 Å². The van der Waals surface area contributed by atoms with Crippen LogP contribution in [-0.4, -0.2) is 29.6 Å². The van der Waals surface area contributed by atoms with Crippen LogP contribution in [0.5, 0.6) is 11.9 Å². The summed E-state index contributed by atoms with van der Waals surface area (Å²) in [5, 5.41) is 0. The summed E-state index contributed by atoms with van der Waals surface area (Å²) in [5.74, 6) is -0.616. The third-order valence-electron chi connectivity index (χ3n) is 1.30. The molecule has 1 heterocycles. The molecule has 5 nitrogen and oxygen atoms in total. The molecule has 0 aliphatic heterocycles. The molecule has 0 radical (unpaired) electrons. The highest BCUT2D eigenvalue weighted by molar-refractivity contribution is 5.46. The van der Waals surface area contributed by atoms with E-state index in [1.807, 2.05) is 0 Å². The number of hydrogen-bond donors (Lipinski definition) is 1. The van der Waals surface area contributed by atoms with E-state index in [2.05, 4.69) is 19.4 Å². The Labute approximate surface area is 87.2 Å². The summed E-state index contributed by atoms with van der Waals surface area (Å²) in [6.45, 7) is -4.07. The van der Waals surface area contributed by atoms with Crippen LogP contribution in [0.2, 0.25) is 0 Å². The highest BCUT2D eigenvalue weighted by Crippen LogP contribution is 2.21. The molecule has 0 saturated heterocycles. The second-order valence-electron chi connectivity index (χ2n) is 2.49. The fraction of sp³-hybridized carbons (Fsp3) is 0.429. The predicted octanol–water partition coefficient (Wildman–Crippen LogP) is 1.30. The van der Waals surface area contributed by atoms with Gasteiger partial charge in [0, 0.05) is 0 Å². The molecule has 0 aliphatic rings. The maximum Gasteiger partial charge on any atom is 0.388 e. The van der Waals surface area contributed by atoms with Gasteiger partial charge in [-0.25, -0.2) is 13.8 Å². The van der Waals surface area contributed by atoms with Crippen molar-refractivity contribution in [2.75, 3.05) is 12.3 Å². The highest BCUT2D eigenvalue weighted by Gasteiger charge is 2.13. The molecule has 16 heavy (non-hydrogen) atoms. The van der Waals surface area contributed by atoms with Crippen molar-refractivity contribution < 1.29 is 27.0 Å². The normalized spacial score (nSPS) is 10.9. The Balaban J connectivity index is 2.73. The summed E-state index contributed by atoms with van der Waals surface area (Å²) in [5.41, 5.74) is 4.96. The van der Waals surface area contributed by atoms with Crippen molar-refractivity contribution in [2.45, 2.75) is 13.0 Å². The van der Waals surface area contributed by atoms with E-state index in [-0.39, 0.29) is 5.69 Å². The zero-order valence-electron chi connectivity index (χ0n) is 7.74. The third kappa shape index (κ3) is 3.75. The molecule has 0 unspecified atom stereocenters. The van der Waals surface area contributed by atoms with Gasteiger partial charge in [0.05, 0.1) is 6.20 Å². The van der Waals surface area contributed by atoms with Crippen LogP contribution in [0.4, 0.5) is 23.2 Å². The molecular weight excluding hydrogens is 234 g/mol. The maximum absolute atomic E-state index is 11.8. The highest BCUT2D eigenvalue weighted by atomic mass is 19.3. The lowest BCUT2D eigenvalue weighted by Gasteiger charge is -2.08. The van der Waals surface area contributed by atoms with E-state index in [9.17, 15) is 17.6 Å². The molecule has 0 saturated carbocycles. The first-order valence-electron chi connectivity index (χ1n) is 3.97. The van der Waals surface area contributed by atoms with Gasteiger partial charge in [0.2, 0.25) is 5.88 Å². The summed E-state index contributed by atoms with van der Waals surface area (Å²) < 4.78 is 55.5. The summed E-state index contributed by atoms with van der Waals surface area (Å²) in [7, 11) is 0. The standard InChI is InChI=1S/C7H7F4N3O2/c8-4(9)2-15-7-13-1-3(12)5(14-7)16-6(10)11/h1,4,6H,2,12H2. The molecule has 0 amide bonds. The number of alkyl halides is 4. The zero-order chi connectivity index (χ0) is 12.1. The van der Waals surface area contributed by atoms with Gasteiger partial charge in [-0.05, 0) is 0 Å². The van der Waals surface area contributed by atoms with Crippen molar-refractivity contribution in [3.8, 4) is 11.9 Å². The van der Waals surface area contributed by atoms with Crippen molar-refractivity contribution in [2.24, 2.45) is 0 Å². The lowest BCUT2D eigenvalue weighted by Crippen LogP contribution is -2.11. The number of anilines is 1. The molecule has 0 spiro atoms. The quantitative estimate of drug-likeness (QED) is 0.787. The second kappa shape index (κ2) is 5.33. The van der Waals surface area contributed by atoms with Crippen molar-refractivity contribution in [1.29, 1.82) is 0 Å². The summed E-state index contributed by atoms with van der Waals surface area (Å²) in [6, 6.07) is -0.509. The molecule has 2 N–H and O–H groups in total. The Bertz CT molecular complexity index is 350. The smallest absolute Gasteiger partial charge is 0.388 e. The molecule has 1 rings (SSSR count). The van der Waals surface area contributed by atoms with E-state index < -0.39 is 31.5 Å². The third-order valence-corrected chi connectivity index (χ3v) is 1.30. The van der Waals surface area contributed by atoms with Crippen molar-refractivity contribution in [3.63, 3.8) is 0 Å². The minimum absolute atomic E-state index is 0.246. The Kier molecular flexibility index (Phi) is 4.09. The van der Waals surface area contributed by atoms with Crippen LogP contribution in [0.15, 0.2) is 6.20 Å². The van der Waals surface area contributed by atoms with E-state index in [1.54, 1.807) is 0 Å². The number of nitrogens with zero attached hydrogens (tertiary/aromatic N) is 2. The molecule has 0 aromatic carbocycles. The molecule has 0 atom stereocenters. The number of nitrogen functional groups attached to an aromatic ring is 1.